The molecule has 2 heteroatoms. The summed E-state index contributed by atoms with van der Waals surface area (Å²) in [6.07, 6.45) is 11.3. The van der Waals surface area contributed by atoms with Crippen LogP contribution in [0.5, 0.6) is 0 Å². The Morgan fingerprint density at radius 3 is 2.67 bits per heavy atom. The van der Waals surface area contributed by atoms with Crippen LogP contribution in [-0.4, -0.2) is 36.6 Å². The molecule has 0 radical (unpaired) electrons. The van der Waals surface area contributed by atoms with Gasteiger partial charge in [0.25, 0.3) is 0 Å². The van der Waals surface area contributed by atoms with Crippen LogP contribution in [0, 0.1) is 5.92 Å². The van der Waals surface area contributed by atoms with Gasteiger partial charge in [0.2, 0.25) is 0 Å². The highest BCUT2D eigenvalue weighted by Gasteiger charge is 2.35. The van der Waals surface area contributed by atoms with Crippen LogP contribution in [0.25, 0.3) is 0 Å². The molecule has 2 rings (SSSR count). The second-order valence-electron chi connectivity index (χ2n) is 6.53. The van der Waals surface area contributed by atoms with Gasteiger partial charge in [0.15, 0.2) is 0 Å². The van der Waals surface area contributed by atoms with Crippen molar-refractivity contribution in [3.05, 3.63) is 0 Å². The smallest absolute Gasteiger partial charge is 0.0254 e. The standard InChI is InChI=1S/C16H32N2/c1-4-14-8-6-5-7-11-18(14)16-12-13(2)9-10-15(16)17-3/h13-17H,4-12H2,1-3H3. The van der Waals surface area contributed by atoms with Crippen molar-refractivity contribution < 1.29 is 0 Å². The van der Waals surface area contributed by atoms with Crippen molar-refractivity contribution in [1.82, 2.24) is 10.2 Å². The SMILES string of the molecule is CCC1CCCCCN1C1CC(C)CCC1NC. The van der Waals surface area contributed by atoms with Gasteiger partial charge in [-0.2, -0.15) is 0 Å². The van der Waals surface area contributed by atoms with E-state index in [2.05, 4.69) is 31.1 Å². The van der Waals surface area contributed by atoms with Gasteiger partial charge in [-0.05, 0) is 58.0 Å². The molecule has 0 bridgehead atoms. The minimum Gasteiger partial charge on any atom is -0.315 e. The lowest BCUT2D eigenvalue weighted by atomic mass is 9.81. The normalized spacial score (nSPS) is 39.5. The zero-order valence-corrected chi connectivity index (χ0v) is 12.6. The molecule has 0 aromatic rings. The van der Waals surface area contributed by atoms with E-state index < -0.39 is 0 Å². The van der Waals surface area contributed by atoms with Gasteiger partial charge in [0.1, 0.15) is 0 Å². The quantitative estimate of drug-likeness (QED) is 0.828. The molecule has 2 nitrogen and oxygen atoms in total. The van der Waals surface area contributed by atoms with E-state index in [0.29, 0.717) is 0 Å². The summed E-state index contributed by atoms with van der Waals surface area (Å²) in [7, 11) is 2.16. The molecule has 1 aliphatic heterocycles. The third kappa shape index (κ3) is 3.27. The number of likely N-dealkylation sites (N-methyl/N-ethyl adjacent to an activating group) is 1. The molecule has 0 aromatic carbocycles. The third-order valence-corrected chi connectivity index (χ3v) is 5.27. The molecule has 18 heavy (non-hydrogen) atoms. The number of hydrogen-bond acceptors (Lipinski definition) is 2. The van der Waals surface area contributed by atoms with Gasteiger partial charge in [0.05, 0.1) is 0 Å². The summed E-state index contributed by atoms with van der Waals surface area (Å²) in [6.45, 7) is 6.16. The second kappa shape index (κ2) is 6.91. The van der Waals surface area contributed by atoms with Crippen LogP contribution < -0.4 is 5.32 Å². The van der Waals surface area contributed by atoms with Crippen LogP contribution in [-0.2, 0) is 0 Å². The molecular formula is C16H32N2. The zero-order valence-electron chi connectivity index (χ0n) is 12.6. The topological polar surface area (TPSA) is 15.3 Å². The molecule has 0 aromatic heterocycles. The van der Waals surface area contributed by atoms with Crippen molar-refractivity contribution in [1.29, 1.82) is 0 Å². The highest BCUT2D eigenvalue weighted by Crippen LogP contribution is 2.32. The van der Waals surface area contributed by atoms with Gasteiger partial charge in [-0.15, -0.1) is 0 Å². The molecule has 0 amide bonds. The van der Waals surface area contributed by atoms with Crippen LogP contribution in [0.2, 0.25) is 0 Å². The Bertz CT molecular complexity index is 241. The molecule has 2 fully saturated rings. The largest absolute Gasteiger partial charge is 0.315 e. The Labute approximate surface area is 114 Å². The molecular weight excluding hydrogens is 220 g/mol. The summed E-state index contributed by atoms with van der Waals surface area (Å²) in [5.74, 6) is 0.917. The molecule has 4 atom stereocenters. The highest BCUT2D eigenvalue weighted by molar-refractivity contribution is 4.92. The zero-order chi connectivity index (χ0) is 13.0. The minimum atomic E-state index is 0.730. The van der Waals surface area contributed by atoms with Crippen LogP contribution in [0.1, 0.15) is 65.2 Å². The molecule has 2 aliphatic rings. The van der Waals surface area contributed by atoms with Gasteiger partial charge in [-0.25, -0.2) is 0 Å². The van der Waals surface area contributed by atoms with Gasteiger partial charge < -0.3 is 5.32 Å². The van der Waals surface area contributed by atoms with Crippen LogP contribution >= 0.6 is 0 Å². The van der Waals surface area contributed by atoms with Crippen molar-refractivity contribution in [3.8, 4) is 0 Å². The number of nitrogens with zero attached hydrogens (tertiary/aromatic N) is 1. The van der Waals surface area contributed by atoms with E-state index in [4.69, 9.17) is 0 Å². The summed E-state index contributed by atoms with van der Waals surface area (Å²) in [6, 6.07) is 2.37. The Hall–Kier alpha value is -0.0800. The van der Waals surface area contributed by atoms with E-state index in [1.807, 2.05) is 0 Å². The van der Waals surface area contributed by atoms with E-state index in [1.165, 1.54) is 57.9 Å². The van der Waals surface area contributed by atoms with E-state index in [9.17, 15) is 0 Å². The Kier molecular flexibility index (Phi) is 5.50. The molecule has 1 saturated heterocycles. The fourth-order valence-corrected chi connectivity index (χ4v) is 4.13. The Morgan fingerprint density at radius 1 is 1.11 bits per heavy atom. The monoisotopic (exact) mass is 252 g/mol. The van der Waals surface area contributed by atoms with Gasteiger partial charge in [-0.3, -0.25) is 4.90 Å². The first-order chi connectivity index (χ1) is 8.76. The molecule has 1 saturated carbocycles. The second-order valence-corrected chi connectivity index (χ2v) is 6.53. The fraction of sp³-hybridized carbons (Fsp3) is 1.00. The van der Waals surface area contributed by atoms with Gasteiger partial charge in [0, 0.05) is 18.1 Å². The molecule has 1 aliphatic carbocycles. The maximum Gasteiger partial charge on any atom is 0.0254 e. The lowest BCUT2D eigenvalue weighted by molar-refractivity contribution is 0.0652. The van der Waals surface area contributed by atoms with Crippen LogP contribution in [0.15, 0.2) is 0 Å². The van der Waals surface area contributed by atoms with E-state index in [1.54, 1.807) is 0 Å². The predicted molar refractivity (Wildman–Crippen MR) is 78.9 cm³/mol. The lowest BCUT2D eigenvalue weighted by Crippen LogP contribution is -2.55. The molecule has 0 spiro atoms. The maximum absolute atomic E-state index is 3.60. The maximum atomic E-state index is 3.60. The van der Waals surface area contributed by atoms with Crippen molar-refractivity contribution in [3.63, 3.8) is 0 Å². The van der Waals surface area contributed by atoms with Crippen molar-refractivity contribution in [2.24, 2.45) is 5.92 Å². The van der Waals surface area contributed by atoms with E-state index in [0.717, 1.165) is 24.0 Å². The molecule has 106 valence electrons. The Balaban J connectivity index is 2.08. The summed E-state index contributed by atoms with van der Waals surface area (Å²) in [5.41, 5.74) is 0. The molecule has 4 unspecified atom stereocenters. The van der Waals surface area contributed by atoms with E-state index in [-0.39, 0.29) is 0 Å². The molecule has 1 N–H and O–H groups in total. The first-order valence-corrected chi connectivity index (χ1v) is 8.19. The van der Waals surface area contributed by atoms with Gasteiger partial charge >= 0.3 is 0 Å². The van der Waals surface area contributed by atoms with Crippen LogP contribution in [0.4, 0.5) is 0 Å². The third-order valence-electron chi connectivity index (χ3n) is 5.27. The number of hydrogen-bond donors (Lipinski definition) is 1. The highest BCUT2D eigenvalue weighted by atomic mass is 15.2. The lowest BCUT2D eigenvalue weighted by Gasteiger charge is -2.45. The Morgan fingerprint density at radius 2 is 1.94 bits per heavy atom. The van der Waals surface area contributed by atoms with E-state index >= 15 is 0 Å². The van der Waals surface area contributed by atoms with Crippen LogP contribution in [0.3, 0.4) is 0 Å². The number of rotatable bonds is 3. The summed E-state index contributed by atoms with van der Waals surface area (Å²) >= 11 is 0. The summed E-state index contributed by atoms with van der Waals surface area (Å²) in [5, 5.41) is 3.60. The van der Waals surface area contributed by atoms with Gasteiger partial charge in [-0.1, -0.05) is 26.7 Å². The molecule has 1 heterocycles. The number of nitrogens with one attached hydrogen (secondary N) is 1. The minimum absolute atomic E-state index is 0.730. The van der Waals surface area contributed by atoms with Crippen molar-refractivity contribution in [2.75, 3.05) is 13.6 Å². The van der Waals surface area contributed by atoms with Crippen molar-refractivity contribution >= 4 is 0 Å². The average molecular weight is 252 g/mol. The number of likely N-dealkylation sites (tertiary alicyclic amines) is 1. The van der Waals surface area contributed by atoms with Crippen molar-refractivity contribution in [2.45, 2.75) is 83.3 Å². The predicted octanol–water partition coefficient (Wildman–Crippen LogP) is 3.42. The fourth-order valence-electron chi connectivity index (χ4n) is 4.13. The first kappa shape index (κ1) is 14.3. The summed E-state index contributed by atoms with van der Waals surface area (Å²) in [4.78, 5) is 2.88. The average Bonchev–Trinajstić information content (AvgIpc) is 2.63. The first-order valence-electron chi connectivity index (χ1n) is 8.19. The summed E-state index contributed by atoms with van der Waals surface area (Å²) < 4.78 is 0.